The lowest BCUT2D eigenvalue weighted by atomic mass is 9.90. The molecule has 2 nitrogen and oxygen atoms in total. The lowest BCUT2D eigenvalue weighted by Crippen LogP contribution is -2.03. The zero-order chi connectivity index (χ0) is 59.8. The Morgan fingerprint density at radius 1 is 0.279 bits per heavy atom. The minimum Gasteiger partial charge on any atom is -0.309 e. The molecule has 0 fully saturated rings. The van der Waals surface area contributed by atoms with Gasteiger partial charge < -0.3 is 9.13 Å². The first kappa shape index (κ1) is 61.9. The van der Waals surface area contributed by atoms with E-state index in [1.165, 1.54) is 213 Å². The van der Waals surface area contributed by atoms with Gasteiger partial charge in [0.1, 0.15) is 0 Å². The van der Waals surface area contributed by atoms with Crippen molar-refractivity contribution in [1.82, 2.24) is 9.13 Å². The highest BCUT2D eigenvalue weighted by Gasteiger charge is 2.19. The smallest absolute Gasteiger partial charge is 0.0541 e. The van der Waals surface area contributed by atoms with Crippen molar-refractivity contribution in [2.45, 2.75) is 184 Å². The summed E-state index contributed by atoms with van der Waals surface area (Å²) in [4.78, 5) is 0. The summed E-state index contributed by atoms with van der Waals surface area (Å²) in [7, 11) is 0. The van der Waals surface area contributed by atoms with Crippen LogP contribution in [0.15, 0.2) is 170 Å². The number of hydrogen-bond donors (Lipinski definition) is 0. The van der Waals surface area contributed by atoms with Crippen molar-refractivity contribution in [3.05, 3.63) is 214 Å². The third kappa shape index (κ3) is 15.1. The van der Waals surface area contributed by atoms with Gasteiger partial charge in [0.25, 0.3) is 0 Å². The average molecular weight is 1140 g/mol. The van der Waals surface area contributed by atoms with E-state index in [4.69, 9.17) is 0 Å². The second-order valence-corrected chi connectivity index (χ2v) is 25.7. The molecule has 0 aliphatic heterocycles. The summed E-state index contributed by atoms with van der Waals surface area (Å²) in [6, 6.07) is 65.6. The molecule has 0 bridgehead atoms. The molecule has 2 aromatic heterocycles. The van der Waals surface area contributed by atoms with Crippen molar-refractivity contribution in [3.8, 4) is 22.5 Å². The fourth-order valence-electron chi connectivity index (χ4n) is 13.8. The Kier molecular flexibility index (Phi) is 21.9. The summed E-state index contributed by atoms with van der Waals surface area (Å²) in [6.45, 7) is 18.7. The van der Waals surface area contributed by atoms with E-state index in [1.807, 2.05) is 0 Å². The van der Waals surface area contributed by atoms with Crippen LogP contribution < -0.4 is 0 Å². The highest BCUT2D eigenvalue weighted by Crippen LogP contribution is 2.38. The molecule has 0 N–H and O–H groups in total. The van der Waals surface area contributed by atoms with Gasteiger partial charge in [0.15, 0.2) is 0 Å². The van der Waals surface area contributed by atoms with E-state index in [0.29, 0.717) is 0 Å². The molecule has 0 saturated heterocycles. The molecule has 86 heavy (non-hydrogen) atoms. The Hall–Kier alpha value is -7.16. The predicted molar refractivity (Wildman–Crippen MR) is 379 cm³/mol. The molecular formula is C84H100N2. The van der Waals surface area contributed by atoms with Gasteiger partial charge in [-0.15, -0.1) is 0 Å². The first-order valence-corrected chi connectivity index (χ1v) is 34.1. The van der Waals surface area contributed by atoms with Crippen molar-refractivity contribution in [2.75, 3.05) is 0 Å². The largest absolute Gasteiger partial charge is 0.309 e. The molecular weight excluding hydrogens is 1040 g/mol. The first-order chi connectivity index (χ1) is 42.2. The third-order valence-electron chi connectivity index (χ3n) is 19.5. The number of nitrogens with zero attached hydrogens (tertiary/aromatic N) is 2. The van der Waals surface area contributed by atoms with Crippen LogP contribution in [0.2, 0.25) is 0 Å². The Morgan fingerprint density at radius 2 is 0.512 bits per heavy atom. The maximum Gasteiger partial charge on any atom is 0.0541 e. The van der Waals surface area contributed by atoms with E-state index in [1.54, 1.807) is 0 Å². The Bertz CT molecular complexity index is 3400. The summed E-state index contributed by atoms with van der Waals surface area (Å²) in [5.41, 5.74) is 20.7. The van der Waals surface area contributed by atoms with Crippen LogP contribution >= 0.6 is 0 Å². The van der Waals surface area contributed by atoms with Crippen molar-refractivity contribution in [2.24, 2.45) is 23.7 Å². The molecule has 0 amide bonds. The topological polar surface area (TPSA) is 9.86 Å². The van der Waals surface area contributed by atoms with Gasteiger partial charge in [0, 0.05) is 32.9 Å². The number of aromatic nitrogens is 2. The molecule has 10 aromatic rings. The molecule has 10 rings (SSSR count). The number of benzene rings is 8. The lowest BCUT2D eigenvalue weighted by Gasteiger charge is -2.15. The molecule has 0 aliphatic carbocycles. The monoisotopic (exact) mass is 1140 g/mol. The van der Waals surface area contributed by atoms with Gasteiger partial charge in [-0.1, -0.05) is 279 Å². The van der Waals surface area contributed by atoms with Crippen LogP contribution in [0, 0.1) is 23.7 Å². The maximum absolute atomic E-state index is 2.53. The summed E-state index contributed by atoms with van der Waals surface area (Å²) in [5, 5.41) is 5.55. The quantitative estimate of drug-likeness (QED) is 0.0383. The minimum atomic E-state index is 0.739. The summed E-state index contributed by atoms with van der Waals surface area (Å²) in [5.74, 6) is 2.96. The average Bonchev–Trinajstić information content (AvgIpc) is 1.68. The molecule has 8 aromatic carbocycles. The molecule has 0 radical (unpaired) electrons. The van der Waals surface area contributed by atoms with Gasteiger partial charge in [-0.3, -0.25) is 0 Å². The van der Waals surface area contributed by atoms with Crippen molar-refractivity contribution < 1.29 is 0 Å². The van der Waals surface area contributed by atoms with Gasteiger partial charge in [-0.2, -0.15) is 0 Å². The normalized spacial score (nSPS) is 13.5. The van der Waals surface area contributed by atoms with E-state index in [2.05, 4.69) is 259 Å². The highest BCUT2D eigenvalue weighted by molar-refractivity contribution is 6.11. The molecule has 2 heteroatoms. The fourth-order valence-corrected chi connectivity index (χ4v) is 13.8. The maximum atomic E-state index is 2.53. The second-order valence-electron chi connectivity index (χ2n) is 25.7. The van der Waals surface area contributed by atoms with Gasteiger partial charge in [-0.05, 0) is 178 Å². The van der Waals surface area contributed by atoms with Crippen LogP contribution in [-0.4, -0.2) is 9.13 Å². The molecule has 0 aliphatic rings. The van der Waals surface area contributed by atoms with E-state index in [9.17, 15) is 0 Å². The van der Waals surface area contributed by atoms with Crippen molar-refractivity contribution in [3.63, 3.8) is 0 Å². The summed E-state index contributed by atoms with van der Waals surface area (Å²) >= 11 is 0. The zero-order valence-electron chi connectivity index (χ0n) is 53.8. The molecule has 0 spiro atoms. The van der Waals surface area contributed by atoms with Crippen LogP contribution in [0.1, 0.15) is 203 Å². The van der Waals surface area contributed by atoms with E-state index >= 15 is 0 Å². The molecule has 4 unspecified atom stereocenters. The van der Waals surface area contributed by atoms with E-state index in [-0.39, 0.29) is 0 Å². The van der Waals surface area contributed by atoms with Crippen LogP contribution in [-0.2, 0) is 25.7 Å². The van der Waals surface area contributed by atoms with Gasteiger partial charge in [-0.25, -0.2) is 0 Å². The number of unbranched alkanes of at least 4 members (excludes halogenated alkanes) is 4. The Labute approximate surface area is 518 Å². The van der Waals surface area contributed by atoms with Gasteiger partial charge >= 0.3 is 0 Å². The van der Waals surface area contributed by atoms with Crippen molar-refractivity contribution >= 4 is 67.9 Å². The molecule has 4 atom stereocenters. The molecule has 0 saturated carbocycles. The highest BCUT2D eigenvalue weighted by atomic mass is 15.0. The van der Waals surface area contributed by atoms with E-state index < -0.39 is 0 Å². The zero-order valence-corrected chi connectivity index (χ0v) is 53.8. The fraction of sp³-hybridized carbons (Fsp3) is 0.381. The third-order valence-corrected chi connectivity index (χ3v) is 19.5. The SMILES string of the molecule is CCCCC(CC)Cc1ccc2c(c1)c1cc(CC(CC)CCCC)ccc1n2-c1ccc(/C=C/c2ccc(-c3ccc(/C=C/c4ccc(-n5c6ccc(CC(CC)CCCC)cc6c6cc(CC(CC)CCCC)ccc65)cc4)cc3)cc2)cc1. The summed E-state index contributed by atoms with van der Waals surface area (Å²) < 4.78 is 4.99. The Balaban J connectivity index is 0.813. The summed E-state index contributed by atoms with van der Waals surface area (Å²) in [6.07, 6.45) is 34.1. The van der Waals surface area contributed by atoms with Crippen molar-refractivity contribution in [1.29, 1.82) is 0 Å². The number of rotatable bonds is 31. The predicted octanol–water partition coefficient (Wildman–Crippen LogP) is 24.9. The van der Waals surface area contributed by atoms with Crippen LogP contribution in [0.3, 0.4) is 0 Å². The minimum absolute atomic E-state index is 0.739. The van der Waals surface area contributed by atoms with Gasteiger partial charge in [0.2, 0.25) is 0 Å². The number of hydrogen-bond acceptors (Lipinski definition) is 0. The van der Waals surface area contributed by atoms with Crippen LogP contribution in [0.5, 0.6) is 0 Å². The molecule has 446 valence electrons. The Morgan fingerprint density at radius 3 is 0.733 bits per heavy atom. The molecule has 2 heterocycles. The number of fused-ring (bicyclic) bond motifs is 6. The van der Waals surface area contributed by atoms with Crippen LogP contribution in [0.25, 0.3) is 90.4 Å². The first-order valence-electron chi connectivity index (χ1n) is 34.1. The standard InChI is InChI=1S/C84H100N2/c1-9-17-21-61(13-5)53-69-37-49-81-77(57-69)78-58-70(54-62(14-6)22-18-10-2)38-50-82(78)85(81)75-45-33-67(34-46-75)27-25-65-29-41-73(42-30-65)74-43-31-66(32-44-74)26-28-68-35-47-76(48-36-68)86-83-51-39-71(55-63(15-7)23-19-11-3)59-79(83)80-60-72(40-52-84(80)86)56-64(16-8)24-20-12-4/h25-52,57-64H,9-24,53-56H2,1-8H3/b27-25+,28-26+. The van der Waals surface area contributed by atoms with Crippen LogP contribution in [0.4, 0.5) is 0 Å². The van der Waals surface area contributed by atoms with E-state index in [0.717, 1.165) is 49.4 Å². The second kappa shape index (κ2) is 30.5. The van der Waals surface area contributed by atoms with Gasteiger partial charge in [0.05, 0.1) is 22.1 Å². The lowest BCUT2D eigenvalue weighted by molar-refractivity contribution is 0.449.